The lowest BCUT2D eigenvalue weighted by Crippen LogP contribution is -2.35. The van der Waals surface area contributed by atoms with Crippen molar-refractivity contribution in [3.8, 4) is 5.75 Å². The lowest BCUT2D eigenvalue weighted by molar-refractivity contribution is -0.136. The minimum absolute atomic E-state index is 0.0984. The van der Waals surface area contributed by atoms with Gasteiger partial charge in [-0.05, 0) is 30.7 Å². The second-order valence-electron chi connectivity index (χ2n) is 4.75. The maximum Gasteiger partial charge on any atom is 0.313 e. The number of carbonyl (C=O) groups excluding carboxylic acids is 2. The van der Waals surface area contributed by atoms with Gasteiger partial charge < -0.3 is 15.7 Å². The molecule has 0 aliphatic carbocycles. The number of hydrogen-bond acceptors (Lipinski definition) is 3. The quantitative estimate of drug-likeness (QED) is 0.600. The summed E-state index contributed by atoms with van der Waals surface area (Å²) in [6.45, 7) is 1.69. The lowest BCUT2D eigenvalue weighted by atomic mass is 10.2. The summed E-state index contributed by atoms with van der Waals surface area (Å²) in [6, 6.07) is 10.6. The molecular weight excluding hydrogens is 287 g/mol. The molecule has 22 heavy (non-hydrogen) atoms. The maximum absolute atomic E-state index is 13.4. The molecule has 0 unspecified atom stereocenters. The van der Waals surface area contributed by atoms with Gasteiger partial charge in [0.2, 0.25) is 0 Å². The number of phenolic OH excluding ortho intramolecular Hbond substituents is 1. The average molecular weight is 302 g/mol. The largest absolute Gasteiger partial charge is 0.506 e. The summed E-state index contributed by atoms with van der Waals surface area (Å²) in [5.74, 6) is -2.44. The van der Waals surface area contributed by atoms with E-state index in [0.29, 0.717) is 0 Å². The predicted octanol–water partition coefficient (Wildman–Crippen LogP) is 2.09. The van der Waals surface area contributed by atoms with E-state index in [1.807, 2.05) is 0 Å². The molecule has 114 valence electrons. The van der Waals surface area contributed by atoms with Crippen LogP contribution in [0.25, 0.3) is 0 Å². The molecule has 0 saturated heterocycles. The van der Waals surface area contributed by atoms with Crippen LogP contribution in [-0.4, -0.2) is 16.9 Å². The van der Waals surface area contributed by atoms with Gasteiger partial charge >= 0.3 is 11.8 Å². The number of nitrogens with one attached hydrogen (secondary N) is 2. The van der Waals surface area contributed by atoms with Crippen molar-refractivity contribution >= 4 is 17.5 Å². The molecule has 6 heteroatoms. The zero-order chi connectivity index (χ0) is 16.1. The number of aryl methyl sites for hydroxylation is 1. The first-order valence-electron chi connectivity index (χ1n) is 6.59. The number of anilines is 1. The van der Waals surface area contributed by atoms with E-state index in [0.717, 1.165) is 5.56 Å². The van der Waals surface area contributed by atoms with Gasteiger partial charge in [0.1, 0.15) is 11.6 Å². The average Bonchev–Trinajstić information content (AvgIpc) is 2.49. The molecule has 0 radical (unpaired) electrons. The van der Waals surface area contributed by atoms with Crippen LogP contribution in [0, 0.1) is 12.7 Å². The SMILES string of the molecule is Cc1ccc(NC(=O)C(=O)NCc2ccccc2F)c(O)c1. The molecule has 0 atom stereocenters. The van der Waals surface area contributed by atoms with Crippen LogP contribution in [0.15, 0.2) is 42.5 Å². The normalized spacial score (nSPS) is 10.1. The van der Waals surface area contributed by atoms with Crippen molar-refractivity contribution in [1.29, 1.82) is 0 Å². The van der Waals surface area contributed by atoms with Crippen LogP contribution in [0.4, 0.5) is 10.1 Å². The van der Waals surface area contributed by atoms with E-state index in [2.05, 4.69) is 10.6 Å². The fourth-order valence-electron chi connectivity index (χ4n) is 1.82. The Morgan fingerprint density at radius 3 is 2.55 bits per heavy atom. The van der Waals surface area contributed by atoms with Crippen molar-refractivity contribution in [2.75, 3.05) is 5.32 Å². The number of rotatable bonds is 3. The summed E-state index contributed by atoms with van der Waals surface area (Å²) in [5, 5.41) is 14.3. The van der Waals surface area contributed by atoms with Crippen LogP contribution >= 0.6 is 0 Å². The Morgan fingerprint density at radius 1 is 1.14 bits per heavy atom. The van der Waals surface area contributed by atoms with Crippen molar-refractivity contribution in [3.63, 3.8) is 0 Å². The predicted molar refractivity (Wildman–Crippen MR) is 79.7 cm³/mol. The summed E-state index contributed by atoms with van der Waals surface area (Å²) in [4.78, 5) is 23.4. The highest BCUT2D eigenvalue weighted by Gasteiger charge is 2.15. The maximum atomic E-state index is 13.4. The summed E-state index contributed by atoms with van der Waals surface area (Å²) in [7, 11) is 0. The number of aromatic hydroxyl groups is 1. The van der Waals surface area contributed by atoms with Gasteiger partial charge in [-0.15, -0.1) is 0 Å². The highest BCUT2D eigenvalue weighted by Crippen LogP contribution is 2.23. The van der Waals surface area contributed by atoms with Crippen molar-refractivity contribution in [3.05, 3.63) is 59.4 Å². The van der Waals surface area contributed by atoms with Gasteiger partial charge in [-0.3, -0.25) is 9.59 Å². The van der Waals surface area contributed by atoms with Gasteiger partial charge in [-0.25, -0.2) is 4.39 Å². The molecule has 2 rings (SSSR count). The molecule has 0 aromatic heterocycles. The molecule has 0 spiro atoms. The smallest absolute Gasteiger partial charge is 0.313 e. The van der Waals surface area contributed by atoms with Gasteiger partial charge in [0.25, 0.3) is 0 Å². The molecule has 2 aromatic rings. The topological polar surface area (TPSA) is 78.4 Å². The zero-order valence-electron chi connectivity index (χ0n) is 11.9. The lowest BCUT2D eigenvalue weighted by Gasteiger charge is -2.09. The third-order valence-corrected chi connectivity index (χ3v) is 3.00. The fourth-order valence-corrected chi connectivity index (χ4v) is 1.82. The van der Waals surface area contributed by atoms with E-state index in [1.165, 1.54) is 30.3 Å². The molecule has 2 aromatic carbocycles. The van der Waals surface area contributed by atoms with E-state index in [-0.39, 0.29) is 23.5 Å². The van der Waals surface area contributed by atoms with Crippen LogP contribution in [0.5, 0.6) is 5.75 Å². The molecule has 0 saturated carbocycles. The molecule has 5 nitrogen and oxygen atoms in total. The Morgan fingerprint density at radius 2 is 1.86 bits per heavy atom. The van der Waals surface area contributed by atoms with Gasteiger partial charge in [-0.2, -0.15) is 0 Å². The third-order valence-electron chi connectivity index (χ3n) is 3.00. The molecule has 0 bridgehead atoms. The van der Waals surface area contributed by atoms with Crippen LogP contribution in [-0.2, 0) is 16.1 Å². The molecule has 0 heterocycles. The van der Waals surface area contributed by atoms with E-state index in [1.54, 1.807) is 19.1 Å². The molecule has 0 aliphatic heterocycles. The molecule has 0 aliphatic rings. The number of phenols is 1. The highest BCUT2D eigenvalue weighted by atomic mass is 19.1. The monoisotopic (exact) mass is 302 g/mol. The number of hydrogen-bond donors (Lipinski definition) is 3. The molecule has 0 fully saturated rings. The van der Waals surface area contributed by atoms with Crippen molar-refractivity contribution in [1.82, 2.24) is 5.32 Å². The summed E-state index contributed by atoms with van der Waals surface area (Å²) >= 11 is 0. The minimum Gasteiger partial charge on any atom is -0.506 e. The van der Waals surface area contributed by atoms with E-state index >= 15 is 0 Å². The van der Waals surface area contributed by atoms with Crippen molar-refractivity contribution in [2.45, 2.75) is 13.5 Å². The Labute approximate surface area is 126 Å². The fraction of sp³-hybridized carbons (Fsp3) is 0.125. The Bertz CT molecular complexity index is 716. The van der Waals surface area contributed by atoms with Crippen LogP contribution < -0.4 is 10.6 Å². The molecular formula is C16H15FN2O3. The van der Waals surface area contributed by atoms with Gasteiger partial charge in [0.05, 0.1) is 5.69 Å². The first kappa shape index (κ1) is 15.5. The first-order valence-corrected chi connectivity index (χ1v) is 6.59. The standard InChI is InChI=1S/C16H15FN2O3/c1-10-6-7-13(14(20)8-10)19-16(22)15(21)18-9-11-4-2-3-5-12(11)17/h2-8,20H,9H2,1H3,(H,18,21)(H,19,22). The minimum atomic E-state index is -0.935. The Kier molecular flexibility index (Phi) is 4.73. The second-order valence-corrected chi connectivity index (χ2v) is 4.75. The van der Waals surface area contributed by atoms with Crippen LogP contribution in [0.2, 0.25) is 0 Å². The Hall–Kier alpha value is -2.89. The van der Waals surface area contributed by atoms with E-state index in [9.17, 15) is 19.1 Å². The van der Waals surface area contributed by atoms with Gasteiger partial charge in [0.15, 0.2) is 0 Å². The van der Waals surface area contributed by atoms with Crippen molar-refractivity contribution < 1.29 is 19.1 Å². The number of amides is 2. The van der Waals surface area contributed by atoms with Gasteiger partial charge in [-0.1, -0.05) is 24.3 Å². The molecule has 3 N–H and O–H groups in total. The van der Waals surface area contributed by atoms with Crippen LogP contribution in [0.3, 0.4) is 0 Å². The van der Waals surface area contributed by atoms with Crippen molar-refractivity contribution in [2.24, 2.45) is 0 Å². The van der Waals surface area contributed by atoms with E-state index in [4.69, 9.17) is 0 Å². The first-order chi connectivity index (χ1) is 10.5. The number of carbonyl (C=O) groups is 2. The van der Waals surface area contributed by atoms with Crippen LogP contribution in [0.1, 0.15) is 11.1 Å². The Balaban J connectivity index is 1.95. The number of benzene rings is 2. The van der Waals surface area contributed by atoms with E-state index < -0.39 is 17.6 Å². The summed E-state index contributed by atoms with van der Waals surface area (Å²) in [5.41, 5.74) is 1.23. The van der Waals surface area contributed by atoms with Gasteiger partial charge in [0, 0.05) is 12.1 Å². The second kappa shape index (κ2) is 6.71. The third kappa shape index (κ3) is 3.82. The zero-order valence-corrected chi connectivity index (χ0v) is 11.9. The summed E-state index contributed by atoms with van der Waals surface area (Å²) in [6.07, 6.45) is 0. The highest BCUT2D eigenvalue weighted by molar-refractivity contribution is 6.39. The number of halogens is 1. The summed E-state index contributed by atoms with van der Waals surface area (Å²) < 4.78 is 13.4. The molecule has 2 amide bonds.